The topological polar surface area (TPSA) is 137 Å². The van der Waals surface area contributed by atoms with Gasteiger partial charge in [0.25, 0.3) is 0 Å². The van der Waals surface area contributed by atoms with Gasteiger partial charge in [-0.25, -0.2) is 14.0 Å². The number of hydrogen-bond donors (Lipinski definition) is 1. The first-order valence-electron chi connectivity index (χ1n) is 5.38. The first-order chi connectivity index (χ1) is 9.70. The second-order valence-electron chi connectivity index (χ2n) is 3.77. The lowest BCUT2D eigenvalue weighted by Gasteiger charge is -2.02. The molecule has 0 bridgehead atoms. The van der Waals surface area contributed by atoms with Crippen LogP contribution in [-0.4, -0.2) is 20.0 Å². The third kappa shape index (κ3) is 1.72. The molecule has 0 amide bonds. The number of anilines is 1. The first kappa shape index (κ1) is 11.7. The van der Waals surface area contributed by atoms with E-state index in [0.717, 1.165) is 4.57 Å². The van der Waals surface area contributed by atoms with Crippen LogP contribution in [0, 0.1) is 11.3 Å². The molecule has 0 aliphatic rings. The van der Waals surface area contributed by atoms with E-state index in [1.54, 1.807) is 18.2 Å². The molecule has 1 aromatic carbocycles. The van der Waals surface area contributed by atoms with Crippen LogP contribution in [0.1, 0.15) is 5.56 Å². The quantitative estimate of drug-likeness (QED) is 0.703. The second-order valence-corrected chi connectivity index (χ2v) is 3.77. The van der Waals surface area contributed by atoms with Crippen LogP contribution in [0.2, 0.25) is 0 Å². The van der Waals surface area contributed by atoms with E-state index in [9.17, 15) is 4.79 Å². The predicted octanol–water partition coefficient (Wildman–Crippen LogP) is 0.329. The number of aromatic nitrogens is 4. The molecule has 98 valence electrons. The van der Waals surface area contributed by atoms with Gasteiger partial charge in [-0.1, -0.05) is 11.2 Å². The molecule has 2 N–H and O–H groups in total. The van der Waals surface area contributed by atoms with Crippen LogP contribution in [0.25, 0.3) is 17.2 Å². The highest BCUT2D eigenvalue weighted by atomic mass is 16.6. The Morgan fingerprint density at radius 2 is 2.15 bits per heavy atom. The fourth-order valence-corrected chi connectivity index (χ4v) is 1.69. The fraction of sp³-hybridized carbons (Fsp3) is 0. The Morgan fingerprint density at radius 1 is 1.30 bits per heavy atom. The largest absolute Gasteiger partial charge is 0.446 e. The van der Waals surface area contributed by atoms with Gasteiger partial charge in [0, 0.05) is 0 Å². The number of nitrogens with two attached hydrogens (primary N) is 1. The lowest BCUT2D eigenvalue weighted by atomic mass is 10.2. The maximum atomic E-state index is 11.8. The van der Waals surface area contributed by atoms with Crippen LogP contribution < -0.4 is 11.5 Å². The van der Waals surface area contributed by atoms with Crippen LogP contribution in [0.3, 0.4) is 0 Å². The van der Waals surface area contributed by atoms with E-state index in [4.69, 9.17) is 11.0 Å². The van der Waals surface area contributed by atoms with Crippen molar-refractivity contribution < 1.29 is 9.15 Å². The summed E-state index contributed by atoms with van der Waals surface area (Å²) < 4.78 is 10.2. The van der Waals surface area contributed by atoms with E-state index in [1.807, 2.05) is 6.07 Å². The standard InChI is InChI=1S/C11H6N6O3/c12-5-6-2-1-3-7(4-6)17-10(16-19-11(17)18)8-9(13)15-20-14-8/h1-4H,(H2,13,15). The van der Waals surface area contributed by atoms with Gasteiger partial charge >= 0.3 is 5.76 Å². The van der Waals surface area contributed by atoms with Crippen LogP contribution in [0.5, 0.6) is 0 Å². The highest BCUT2D eigenvalue weighted by Gasteiger charge is 2.21. The molecule has 0 unspecified atom stereocenters. The normalized spacial score (nSPS) is 10.3. The summed E-state index contributed by atoms with van der Waals surface area (Å²) in [5.41, 5.74) is 6.43. The van der Waals surface area contributed by atoms with Gasteiger partial charge in [0.2, 0.25) is 5.82 Å². The molecule has 0 aliphatic heterocycles. The van der Waals surface area contributed by atoms with E-state index in [0.29, 0.717) is 11.3 Å². The van der Waals surface area contributed by atoms with Gasteiger partial charge in [-0.15, -0.1) is 0 Å². The monoisotopic (exact) mass is 270 g/mol. The van der Waals surface area contributed by atoms with Crippen LogP contribution in [-0.2, 0) is 0 Å². The molecule has 3 rings (SSSR count). The number of nitrogens with zero attached hydrogens (tertiary/aromatic N) is 5. The van der Waals surface area contributed by atoms with Crippen molar-refractivity contribution in [2.24, 2.45) is 0 Å². The Morgan fingerprint density at radius 3 is 2.85 bits per heavy atom. The van der Waals surface area contributed by atoms with Crippen molar-refractivity contribution in [3.63, 3.8) is 0 Å². The molecule has 0 radical (unpaired) electrons. The summed E-state index contributed by atoms with van der Waals surface area (Å²) in [5.74, 6) is -0.718. The van der Waals surface area contributed by atoms with Gasteiger partial charge in [-0.05, 0) is 28.5 Å². The Bertz CT molecular complexity index is 869. The van der Waals surface area contributed by atoms with Crippen LogP contribution in [0.4, 0.5) is 5.82 Å². The number of benzene rings is 1. The summed E-state index contributed by atoms with van der Waals surface area (Å²) in [6.07, 6.45) is 0. The molecule has 0 saturated carbocycles. The predicted molar refractivity (Wildman–Crippen MR) is 64.5 cm³/mol. The third-order valence-corrected chi connectivity index (χ3v) is 2.56. The van der Waals surface area contributed by atoms with Crippen molar-refractivity contribution in [2.75, 3.05) is 5.73 Å². The van der Waals surface area contributed by atoms with Gasteiger partial charge < -0.3 is 5.73 Å². The molecule has 2 aromatic heterocycles. The van der Waals surface area contributed by atoms with Crippen molar-refractivity contribution in [3.05, 3.63) is 40.4 Å². The summed E-state index contributed by atoms with van der Waals surface area (Å²) in [5, 5.41) is 19.5. The molecule has 9 heteroatoms. The smallest absolute Gasteiger partial charge is 0.379 e. The van der Waals surface area contributed by atoms with E-state index in [1.165, 1.54) is 6.07 Å². The first-order valence-corrected chi connectivity index (χ1v) is 5.38. The molecule has 0 atom stereocenters. The minimum atomic E-state index is -0.738. The summed E-state index contributed by atoms with van der Waals surface area (Å²) in [6.45, 7) is 0. The zero-order chi connectivity index (χ0) is 14.1. The van der Waals surface area contributed by atoms with Crippen molar-refractivity contribution in [1.82, 2.24) is 20.0 Å². The lowest BCUT2D eigenvalue weighted by Crippen LogP contribution is -2.13. The van der Waals surface area contributed by atoms with Gasteiger partial charge in [0.15, 0.2) is 11.5 Å². The zero-order valence-electron chi connectivity index (χ0n) is 9.85. The Balaban J connectivity index is 2.25. The summed E-state index contributed by atoms with van der Waals surface area (Å²) in [7, 11) is 0. The highest BCUT2D eigenvalue weighted by Crippen LogP contribution is 2.21. The van der Waals surface area contributed by atoms with Crippen LogP contribution in [0.15, 0.2) is 38.2 Å². The lowest BCUT2D eigenvalue weighted by molar-refractivity contribution is 0.310. The average molecular weight is 270 g/mol. The maximum absolute atomic E-state index is 11.8. The Hall–Kier alpha value is -3.41. The van der Waals surface area contributed by atoms with Crippen LogP contribution >= 0.6 is 0 Å². The minimum Gasteiger partial charge on any atom is -0.379 e. The zero-order valence-corrected chi connectivity index (χ0v) is 9.85. The Labute approximate surface area is 110 Å². The van der Waals surface area contributed by atoms with E-state index < -0.39 is 5.76 Å². The molecule has 0 aliphatic carbocycles. The van der Waals surface area contributed by atoms with Gasteiger partial charge in [0.05, 0.1) is 17.3 Å². The molecular weight excluding hydrogens is 264 g/mol. The number of rotatable bonds is 2. The maximum Gasteiger partial charge on any atom is 0.446 e. The molecule has 3 aromatic rings. The number of nitrogen functional groups attached to an aromatic ring is 1. The van der Waals surface area contributed by atoms with Gasteiger partial charge in [0.1, 0.15) is 0 Å². The van der Waals surface area contributed by atoms with Crippen molar-refractivity contribution in [3.8, 4) is 23.3 Å². The molecule has 0 spiro atoms. The highest BCUT2D eigenvalue weighted by molar-refractivity contribution is 5.64. The van der Waals surface area contributed by atoms with Crippen molar-refractivity contribution >= 4 is 5.82 Å². The molecule has 9 nitrogen and oxygen atoms in total. The summed E-state index contributed by atoms with van der Waals surface area (Å²) in [6, 6.07) is 8.33. The fourth-order valence-electron chi connectivity index (χ4n) is 1.69. The average Bonchev–Trinajstić information content (AvgIpc) is 3.04. The Kier molecular flexibility index (Phi) is 2.54. The molecule has 20 heavy (non-hydrogen) atoms. The van der Waals surface area contributed by atoms with E-state index in [-0.39, 0.29) is 17.3 Å². The molecule has 0 fully saturated rings. The molecule has 2 heterocycles. The van der Waals surface area contributed by atoms with E-state index in [2.05, 4.69) is 24.6 Å². The summed E-state index contributed by atoms with van der Waals surface area (Å²) >= 11 is 0. The number of nitriles is 1. The number of hydrogen-bond acceptors (Lipinski definition) is 8. The molecule has 0 saturated heterocycles. The van der Waals surface area contributed by atoms with E-state index >= 15 is 0 Å². The SMILES string of the molecule is N#Cc1cccc(-n2c(-c3nonc3N)noc2=O)c1. The van der Waals surface area contributed by atoms with Crippen molar-refractivity contribution in [2.45, 2.75) is 0 Å². The van der Waals surface area contributed by atoms with Gasteiger partial charge in [-0.2, -0.15) is 5.26 Å². The van der Waals surface area contributed by atoms with Gasteiger partial charge in [-0.3, -0.25) is 4.52 Å². The molecular formula is C11H6N6O3. The van der Waals surface area contributed by atoms with Crippen molar-refractivity contribution in [1.29, 1.82) is 5.26 Å². The third-order valence-electron chi connectivity index (χ3n) is 2.56. The minimum absolute atomic E-state index is 0.0245. The summed E-state index contributed by atoms with van der Waals surface area (Å²) in [4.78, 5) is 11.8. The second kappa shape index (κ2) is 4.36.